The summed E-state index contributed by atoms with van der Waals surface area (Å²) in [7, 11) is 0. The van der Waals surface area contributed by atoms with E-state index in [1.807, 2.05) is 37.3 Å². The van der Waals surface area contributed by atoms with Gasteiger partial charge in [-0.3, -0.25) is 4.98 Å². The molecule has 0 fully saturated rings. The van der Waals surface area contributed by atoms with Crippen molar-refractivity contribution in [3.8, 4) is 5.75 Å². The van der Waals surface area contributed by atoms with Crippen LogP contribution in [0.15, 0.2) is 42.6 Å². The molecule has 0 saturated heterocycles. The van der Waals surface area contributed by atoms with Crippen molar-refractivity contribution in [2.24, 2.45) is 0 Å². The predicted octanol–water partition coefficient (Wildman–Crippen LogP) is 6.25. The molecule has 1 heterocycles. The SMILES string of the molecule is CCC(CC)Nc1c(O)ccc(Nc2ccnc3cc(Cl)ccc23)c1C. The number of nitrogens with zero attached hydrogens (tertiary/aromatic N) is 1. The summed E-state index contributed by atoms with van der Waals surface area (Å²) >= 11 is 6.07. The number of hydrogen-bond acceptors (Lipinski definition) is 4. The quantitative estimate of drug-likeness (QED) is 0.355. The highest BCUT2D eigenvalue weighted by Crippen LogP contribution is 2.36. The fourth-order valence-corrected chi connectivity index (χ4v) is 3.25. The molecule has 0 saturated carbocycles. The number of halogens is 1. The lowest BCUT2D eigenvalue weighted by Gasteiger charge is -2.21. The van der Waals surface area contributed by atoms with Gasteiger partial charge in [-0.25, -0.2) is 0 Å². The molecule has 4 nitrogen and oxygen atoms in total. The van der Waals surface area contributed by atoms with Gasteiger partial charge in [0.1, 0.15) is 5.75 Å². The normalized spacial score (nSPS) is 11.1. The summed E-state index contributed by atoms with van der Waals surface area (Å²) in [6, 6.07) is 11.6. The van der Waals surface area contributed by atoms with E-state index in [-0.39, 0.29) is 5.75 Å². The molecule has 3 rings (SSSR count). The van der Waals surface area contributed by atoms with E-state index in [4.69, 9.17) is 11.6 Å². The Kier molecular flexibility index (Phi) is 5.52. The number of phenolic OH excluding ortho intramolecular Hbond substituents is 1. The molecule has 0 spiro atoms. The molecule has 0 aliphatic carbocycles. The molecular weight excluding hydrogens is 346 g/mol. The van der Waals surface area contributed by atoms with Crippen LogP contribution in [-0.4, -0.2) is 16.1 Å². The van der Waals surface area contributed by atoms with Gasteiger partial charge in [0.25, 0.3) is 0 Å². The maximum absolute atomic E-state index is 10.3. The van der Waals surface area contributed by atoms with E-state index in [1.165, 1.54) is 0 Å². The van der Waals surface area contributed by atoms with Crippen molar-refractivity contribution in [1.82, 2.24) is 4.98 Å². The number of anilines is 3. The largest absolute Gasteiger partial charge is 0.506 e. The molecular formula is C21H24ClN3O. The molecule has 0 unspecified atom stereocenters. The van der Waals surface area contributed by atoms with E-state index in [1.54, 1.807) is 12.3 Å². The number of fused-ring (bicyclic) bond motifs is 1. The first-order valence-electron chi connectivity index (χ1n) is 8.93. The zero-order valence-corrected chi connectivity index (χ0v) is 16.1. The number of aromatic nitrogens is 1. The van der Waals surface area contributed by atoms with Crippen LogP contribution >= 0.6 is 11.6 Å². The second kappa shape index (κ2) is 7.83. The molecule has 1 aromatic heterocycles. The summed E-state index contributed by atoms with van der Waals surface area (Å²) in [5.41, 5.74) is 4.50. The second-order valence-corrected chi connectivity index (χ2v) is 6.87. The third kappa shape index (κ3) is 3.70. The summed E-state index contributed by atoms with van der Waals surface area (Å²) in [6.45, 7) is 6.29. The highest BCUT2D eigenvalue weighted by molar-refractivity contribution is 6.31. The summed E-state index contributed by atoms with van der Waals surface area (Å²) in [4.78, 5) is 4.38. The Balaban J connectivity index is 1.98. The van der Waals surface area contributed by atoms with Crippen molar-refractivity contribution in [1.29, 1.82) is 0 Å². The molecule has 0 bridgehead atoms. The summed E-state index contributed by atoms with van der Waals surface area (Å²) < 4.78 is 0. The molecule has 5 heteroatoms. The van der Waals surface area contributed by atoms with Crippen LogP contribution in [0.25, 0.3) is 10.9 Å². The third-order valence-electron chi connectivity index (χ3n) is 4.75. The predicted molar refractivity (Wildman–Crippen MR) is 111 cm³/mol. The number of rotatable bonds is 6. The lowest BCUT2D eigenvalue weighted by atomic mass is 10.1. The van der Waals surface area contributed by atoms with Crippen molar-refractivity contribution >= 4 is 39.6 Å². The maximum atomic E-state index is 10.3. The Morgan fingerprint density at radius 2 is 1.85 bits per heavy atom. The van der Waals surface area contributed by atoms with Crippen LogP contribution in [0, 0.1) is 6.92 Å². The standard InChI is InChI=1S/C21H24ClN3O/c1-4-15(5-2)24-21-13(3)17(8-9-20(21)26)25-18-10-11-23-19-12-14(22)6-7-16(18)19/h6-12,15,24,26H,4-5H2,1-3H3,(H,23,25). The van der Waals surface area contributed by atoms with Crippen molar-refractivity contribution in [2.45, 2.75) is 39.7 Å². The van der Waals surface area contributed by atoms with Gasteiger partial charge < -0.3 is 15.7 Å². The minimum absolute atomic E-state index is 0.270. The van der Waals surface area contributed by atoms with Crippen LogP contribution in [0.2, 0.25) is 5.02 Å². The molecule has 0 aliphatic rings. The number of pyridine rings is 1. The van der Waals surface area contributed by atoms with Crippen LogP contribution in [0.4, 0.5) is 17.1 Å². The second-order valence-electron chi connectivity index (χ2n) is 6.43. The molecule has 3 N–H and O–H groups in total. The van der Waals surface area contributed by atoms with Crippen molar-refractivity contribution in [3.63, 3.8) is 0 Å². The van der Waals surface area contributed by atoms with E-state index in [9.17, 15) is 5.11 Å². The Labute approximate surface area is 159 Å². The van der Waals surface area contributed by atoms with Gasteiger partial charge in [0, 0.05) is 34.0 Å². The Morgan fingerprint density at radius 1 is 1.08 bits per heavy atom. The Bertz CT molecular complexity index is 923. The number of hydrogen-bond donors (Lipinski definition) is 3. The van der Waals surface area contributed by atoms with Gasteiger partial charge in [0.2, 0.25) is 0 Å². The van der Waals surface area contributed by atoms with E-state index in [0.29, 0.717) is 11.1 Å². The van der Waals surface area contributed by atoms with Gasteiger partial charge in [-0.2, -0.15) is 0 Å². The van der Waals surface area contributed by atoms with Gasteiger partial charge in [0.05, 0.1) is 11.2 Å². The van der Waals surface area contributed by atoms with Gasteiger partial charge >= 0.3 is 0 Å². The van der Waals surface area contributed by atoms with Gasteiger partial charge in [0.15, 0.2) is 0 Å². The molecule has 0 atom stereocenters. The zero-order chi connectivity index (χ0) is 18.7. The topological polar surface area (TPSA) is 57.2 Å². The zero-order valence-electron chi connectivity index (χ0n) is 15.3. The van der Waals surface area contributed by atoms with E-state index in [0.717, 1.165) is 46.4 Å². The summed E-state index contributed by atoms with van der Waals surface area (Å²) in [5, 5.41) is 18.9. The molecule has 3 aromatic rings. The lowest BCUT2D eigenvalue weighted by molar-refractivity contribution is 0.475. The van der Waals surface area contributed by atoms with E-state index >= 15 is 0 Å². The number of phenols is 1. The van der Waals surface area contributed by atoms with Crippen LogP contribution in [-0.2, 0) is 0 Å². The number of aromatic hydroxyl groups is 1. The van der Waals surface area contributed by atoms with Crippen LogP contribution in [0.5, 0.6) is 5.75 Å². The smallest absolute Gasteiger partial charge is 0.139 e. The van der Waals surface area contributed by atoms with E-state index in [2.05, 4.69) is 29.5 Å². The van der Waals surface area contributed by atoms with Crippen LogP contribution < -0.4 is 10.6 Å². The summed E-state index contributed by atoms with van der Waals surface area (Å²) in [5.74, 6) is 0.270. The minimum Gasteiger partial charge on any atom is -0.506 e. The average Bonchev–Trinajstić information content (AvgIpc) is 2.64. The third-order valence-corrected chi connectivity index (χ3v) is 4.99. The first-order chi connectivity index (χ1) is 12.5. The molecule has 0 radical (unpaired) electrons. The van der Waals surface area contributed by atoms with Gasteiger partial charge in [-0.15, -0.1) is 0 Å². The summed E-state index contributed by atoms with van der Waals surface area (Å²) in [6.07, 6.45) is 3.77. The minimum atomic E-state index is 0.270. The van der Waals surface area contributed by atoms with Crippen molar-refractivity contribution in [2.75, 3.05) is 10.6 Å². The highest BCUT2D eigenvalue weighted by Gasteiger charge is 2.13. The Morgan fingerprint density at radius 3 is 2.58 bits per heavy atom. The number of nitrogens with one attached hydrogen (secondary N) is 2. The fraction of sp³-hybridized carbons (Fsp3) is 0.286. The molecule has 0 amide bonds. The van der Waals surface area contributed by atoms with Gasteiger partial charge in [-0.1, -0.05) is 25.4 Å². The monoisotopic (exact) mass is 369 g/mol. The first-order valence-corrected chi connectivity index (χ1v) is 9.31. The van der Waals surface area contributed by atoms with Crippen LogP contribution in [0.1, 0.15) is 32.3 Å². The Hall–Kier alpha value is -2.46. The first kappa shape index (κ1) is 18.3. The van der Waals surface area contributed by atoms with Crippen molar-refractivity contribution in [3.05, 3.63) is 53.2 Å². The fourth-order valence-electron chi connectivity index (χ4n) is 3.09. The molecule has 2 aromatic carbocycles. The maximum Gasteiger partial charge on any atom is 0.139 e. The van der Waals surface area contributed by atoms with Crippen molar-refractivity contribution < 1.29 is 5.11 Å². The van der Waals surface area contributed by atoms with Gasteiger partial charge in [-0.05, 0) is 61.7 Å². The highest BCUT2D eigenvalue weighted by atomic mass is 35.5. The van der Waals surface area contributed by atoms with E-state index < -0.39 is 0 Å². The average molecular weight is 370 g/mol. The van der Waals surface area contributed by atoms with Crippen LogP contribution in [0.3, 0.4) is 0 Å². The molecule has 136 valence electrons. The lowest BCUT2D eigenvalue weighted by Crippen LogP contribution is -2.18. The molecule has 0 aliphatic heterocycles. The molecule has 26 heavy (non-hydrogen) atoms. The number of benzene rings is 2.